The van der Waals surface area contributed by atoms with Gasteiger partial charge in [-0.15, -0.1) is 0 Å². The Morgan fingerprint density at radius 2 is 1.94 bits per heavy atom. The van der Waals surface area contributed by atoms with Crippen molar-refractivity contribution in [1.82, 2.24) is 4.31 Å². The summed E-state index contributed by atoms with van der Waals surface area (Å²) in [4.78, 5) is 0.194. The zero-order valence-corrected chi connectivity index (χ0v) is 10.8. The van der Waals surface area contributed by atoms with Gasteiger partial charge in [-0.3, -0.25) is 0 Å². The third kappa shape index (κ3) is 2.38. The van der Waals surface area contributed by atoms with Crippen LogP contribution in [0.2, 0.25) is 0 Å². The van der Waals surface area contributed by atoms with Crippen molar-refractivity contribution >= 4 is 10.0 Å². The van der Waals surface area contributed by atoms with Crippen LogP contribution in [0.1, 0.15) is 12.5 Å². The van der Waals surface area contributed by atoms with Gasteiger partial charge >= 0.3 is 0 Å². The van der Waals surface area contributed by atoms with Gasteiger partial charge in [0.25, 0.3) is 0 Å². The Bertz CT molecular complexity index is 577. The summed E-state index contributed by atoms with van der Waals surface area (Å²) in [6.45, 7) is 1.85. The van der Waals surface area contributed by atoms with E-state index in [9.17, 15) is 13.5 Å². The molecule has 5 nitrogen and oxygen atoms in total. The number of nitrogens with zero attached hydrogens (tertiary/aromatic N) is 2. The molecule has 0 unspecified atom stereocenters. The highest BCUT2D eigenvalue weighted by molar-refractivity contribution is 7.89. The molecular weight excluding hydrogens is 252 g/mol. The van der Waals surface area contributed by atoms with Crippen molar-refractivity contribution in [2.75, 3.05) is 13.1 Å². The molecule has 0 saturated carbocycles. The van der Waals surface area contributed by atoms with Crippen molar-refractivity contribution in [3.05, 3.63) is 29.8 Å². The first kappa shape index (κ1) is 13.0. The molecule has 6 heteroatoms. The lowest BCUT2D eigenvalue weighted by Gasteiger charge is -2.42. The van der Waals surface area contributed by atoms with E-state index >= 15 is 0 Å². The monoisotopic (exact) mass is 266 g/mol. The zero-order valence-electron chi connectivity index (χ0n) is 10.00. The molecule has 0 spiro atoms. The normalized spacial score (nSPS) is 18.9. The molecule has 1 N–H and O–H groups in total. The summed E-state index contributed by atoms with van der Waals surface area (Å²) >= 11 is 0. The standard InChI is InChI=1S/C12H14N2O3S/c1-12(15)8-14(9-12)18(16,17)11-4-2-10(3-5-11)6-7-13/h2-5,15H,6,8-9H2,1H3. The van der Waals surface area contributed by atoms with E-state index < -0.39 is 15.6 Å². The topological polar surface area (TPSA) is 81.4 Å². The van der Waals surface area contributed by atoms with Crippen molar-refractivity contribution < 1.29 is 13.5 Å². The average molecular weight is 266 g/mol. The molecule has 0 aromatic heterocycles. The van der Waals surface area contributed by atoms with Crippen LogP contribution in [-0.4, -0.2) is 36.5 Å². The van der Waals surface area contributed by atoms with Gasteiger partial charge in [0.1, 0.15) is 0 Å². The molecule has 18 heavy (non-hydrogen) atoms. The van der Waals surface area contributed by atoms with Crippen LogP contribution in [0.3, 0.4) is 0 Å². The predicted octanol–water partition coefficient (Wildman–Crippen LogP) is 0.508. The molecular formula is C12H14N2O3S. The fourth-order valence-electron chi connectivity index (χ4n) is 1.90. The third-order valence-corrected chi connectivity index (χ3v) is 4.68. The number of β-amino-alcohol motifs (C(OH)–C–C–N with tert-alkyl or cyclic N) is 1. The Hall–Kier alpha value is -1.42. The van der Waals surface area contributed by atoms with Gasteiger partial charge in [0.15, 0.2) is 0 Å². The third-order valence-electron chi connectivity index (χ3n) is 2.88. The second kappa shape index (κ2) is 4.35. The van der Waals surface area contributed by atoms with Gasteiger partial charge in [0.05, 0.1) is 23.0 Å². The average Bonchev–Trinajstić information content (AvgIpc) is 2.27. The molecule has 1 saturated heterocycles. The molecule has 1 aromatic rings. The molecule has 1 aliphatic rings. The van der Waals surface area contributed by atoms with E-state index in [-0.39, 0.29) is 24.4 Å². The molecule has 2 rings (SSSR count). The van der Waals surface area contributed by atoms with Gasteiger partial charge < -0.3 is 5.11 Å². The van der Waals surface area contributed by atoms with E-state index in [1.165, 1.54) is 16.4 Å². The van der Waals surface area contributed by atoms with Crippen molar-refractivity contribution in [3.8, 4) is 6.07 Å². The lowest BCUT2D eigenvalue weighted by Crippen LogP contribution is -2.61. The van der Waals surface area contributed by atoms with Gasteiger partial charge in [-0.05, 0) is 24.6 Å². The second-order valence-electron chi connectivity index (χ2n) is 4.75. The Labute approximate surface area is 106 Å². The number of rotatable bonds is 3. The van der Waals surface area contributed by atoms with E-state index in [1.54, 1.807) is 19.1 Å². The van der Waals surface area contributed by atoms with Crippen molar-refractivity contribution in [2.24, 2.45) is 0 Å². The van der Waals surface area contributed by atoms with Crippen LogP contribution in [0.5, 0.6) is 0 Å². The van der Waals surface area contributed by atoms with Gasteiger partial charge in [0, 0.05) is 13.1 Å². The minimum Gasteiger partial charge on any atom is -0.387 e. The molecule has 1 fully saturated rings. The molecule has 1 aromatic carbocycles. The summed E-state index contributed by atoms with van der Waals surface area (Å²) in [6, 6.07) is 8.26. The highest BCUT2D eigenvalue weighted by Gasteiger charge is 2.43. The Kier molecular flexibility index (Phi) is 3.15. The predicted molar refractivity (Wildman–Crippen MR) is 65.1 cm³/mol. The molecule has 0 amide bonds. The number of hydrogen-bond acceptors (Lipinski definition) is 4. The summed E-state index contributed by atoms with van der Waals surface area (Å²) in [7, 11) is -3.51. The molecule has 0 atom stereocenters. The van der Waals surface area contributed by atoms with E-state index in [4.69, 9.17) is 5.26 Å². The first-order chi connectivity index (χ1) is 8.35. The van der Waals surface area contributed by atoms with Crippen molar-refractivity contribution in [2.45, 2.75) is 23.8 Å². The van der Waals surface area contributed by atoms with E-state index in [0.29, 0.717) is 0 Å². The number of nitriles is 1. The van der Waals surface area contributed by atoms with Crippen LogP contribution in [0.25, 0.3) is 0 Å². The second-order valence-corrected chi connectivity index (χ2v) is 6.69. The quantitative estimate of drug-likeness (QED) is 0.864. The highest BCUT2D eigenvalue weighted by Crippen LogP contribution is 2.27. The van der Waals surface area contributed by atoms with Crippen LogP contribution < -0.4 is 0 Å². The maximum absolute atomic E-state index is 12.1. The molecule has 0 aliphatic carbocycles. The Morgan fingerprint density at radius 1 is 1.39 bits per heavy atom. The zero-order chi connectivity index (χ0) is 13.4. The van der Waals surface area contributed by atoms with Gasteiger partial charge in [-0.2, -0.15) is 9.57 Å². The molecule has 1 heterocycles. The van der Waals surface area contributed by atoms with Crippen molar-refractivity contribution in [3.63, 3.8) is 0 Å². The number of hydrogen-bond donors (Lipinski definition) is 1. The first-order valence-corrected chi connectivity index (χ1v) is 6.98. The molecule has 96 valence electrons. The summed E-state index contributed by atoms with van der Waals surface area (Å²) in [5.41, 5.74) is -0.138. The summed E-state index contributed by atoms with van der Waals surface area (Å²) in [6.07, 6.45) is 0.263. The Morgan fingerprint density at radius 3 is 2.39 bits per heavy atom. The van der Waals surface area contributed by atoms with E-state index in [1.807, 2.05) is 6.07 Å². The van der Waals surface area contributed by atoms with E-state index in [0.717, 1.165) is 5.56 Å². The summed E-state index contributed by atoms with van der Waals surface area (Å²) < 4.78 is 25.5. The SMILES string of the molecule is CC1(O)CN(S(=O)(=O)c2ccc(CC#N)cc2)C1. The summed E-state index contributed by atoms with van der Waals surface area (Å²) in [5.74, 6) is 0. The lowest BCUT2D eigenvalue weighted by atomic mass is 10.0. The van der Waals surface area contributed by atoms with Gasteiger partial charge in [-0.25, -0.2) is 8.42 Å². The minimum atomic E-state index is -3.51. The minimum absolute atomic E-state index is 0.120. The van der Waals surface area contributed by atoms with Crippen molar-refractivity contribution in [1.29, 1.82) is 5.26 Å². The fraction of sp³-hybridized carbons (Fsp3) is 0.417. The van der Waals surface area contributed by atoms with Crippen LogP contribution >= 0.6 is 0 Å². The first-order valence-electron chi connectivity index (χ1n) is 5.54. The molecule has 0 bridgehead atoms. The number of benzene rings is 1. The number of aliphatic hydroxyl groups is 1. The van der Waals surface area contributed by atoms with Crippen LogP contribution in [0.15, 0.2) is 29.2 Å². The lowest BCUT2D eigenvalue weighted by molar-refractivity contribution is -0.0426. The van der Waals surface area contributed by atoms with Crippen LogP contribution in [0, 0.1) is 11.3 Å². The van der Waals surface area contributed by atoms with Gasteiger partial charge in [-0.1, -0.05) is 12.1 Å². The van der Waals surface area contributed by atoms with Crippen LogP contribution in [-0.2, 0) is 16.4 Å². The largest absolute Gasteiger partial charge is 0.387 e. The summed E-state index contributed by atoms with van der Waals surface area (Å²) in [5, 5.41) is 18.1. The smallest absolute Gasteiger partial charge is 0.243 e. The maximum Gasteiger partial charge on any atom is 0.243 e. The Balaban J connectivity index is 2.19. The maximum atomic E-state index is 12.1. The molecule has 1 aliphatic heterocycles. The van der Waals surface area contributed by atoms with Gasteiger partial charge in [0.2, 0.25) is 10.0 Å². The van der Waals surface area contributed by atoms with E-state index in [2.05, 4.69) is 0 Å². The number of sulfonamides is 1. The fourth-order valence-corrected chi connectivity index (χ4v) is 3.58. The highest BCUT2D eigenvalue weighted by atomic mass is 32.2. The molecule has 0 radical (unpaired) electrons. The van der Waals surface area contributed by atoms with Crippen LogP contribution in [0.4, 0.5) is 0 Å².